The van der Waals surface area contributed by atoms with E-state index in [1.54, 1.807) is 4.90 Å². The maximum atomic E-state index is 13.8. The second kappa shape index (κ2) is 12.8. The van der Waals surface area contributed by atoms with Crippen LogP contribution in [0.2, 0.25) is 0 Å². The molecule has 1 atom stereocenters. The monoisotopic (exact) mass is 500 g/mol. The van der Waals surface area contributed by atoms with E-state index >= 15 is 0 Å². The molecule has 0 radical (unpaired) electrons. The largest absolute Gasteiger partial charge is 0.352 e. The molecule has 0 bridgehead atoms. The smallest absolute Gasteiger partial charge is 0.243 e. The lowest BCUT2D eigenvalue weighted by Gasteiger charge is -2.32. The van der Waals surface area contributed by atoms with E-state index in [1.807, 2.05) is 54.6 Å². The molecule has 0 aromatic heterocycles. The first-order chi connectivity index (χ1) is 17.5. The molecule has 4 nitrogen and oxygen atoms in total. The third-order valence-electron chi connectivity index (χ3n) is 6.79. The van der Waals surface area contributed by atoms with Crippen molar-refractivity contribution in [1.29, 1.82) is 0 Å². The average Bonchev–Trinajstić information content (AvgIpc) is 3.39. The summed E-state index contributed by atoms with van der Waals surface area (Å²) in [5.74, 6) is 0.216. The minimum Gasteiger partial charge on any atom is -0.352 e. The number of nitrogens with one attached hydrogen (secondary N) is 1. The van der Waals surface area contributed by atoms with E-state index in [0.717, 1.165) is 47.3 Å². The first kappa shape index (κ1) is 26.0. The Labute approximate surface area is 219 Å². The van der Waals surface area contributed by atoms with E-state index < -0.39 is 6.04 Å². The van der Waals surface area contributed by atoms with Crippen molar-refractivity contribution in [2.45, 2.75) is 69.5 Å². The molecular weight excluding hydrogens is 464 g/mol. The molecule has 1 N–H and O–H groups in total. The van der Waals surface area contributed by atoms with Gasteiger partial charge in [0.2, 0.25) is 11.8 Å². The highest BCUT2D eigenvalue weighted by Crippen LogP contribution is 2.23. The average molecular weight is 501 g/mol. The fourth-order valence-corrected chi connectivity index (χ4v) is 5.58. The summed E-state index contributed by atoms with van der Waals surface area (Å²) in [5.41, 5.74) is 4.43. The van der Waals surface area contributed by atoms with Gasteiger partial charge in [0.25, 0.3) is 0 Å². The molecule has 5 heteroatoms. The molecule has 3 aromatic carbocycles. The maximum absolute atomic E-state index is 13.8. The van der Waals surface area contributed by atoms with Crippen LogP contribution in [0.3, 0.4) is 0 Å². The van der Waals surface area contributed by atoms with Gasteiger partial charge in [0.05, 0.1) is 5.75 Å². The van der Waals surface area contributed by atoms with Crippen LogP contribution in [-0.2, 0) is 22.6 Å². The Hall–Kier alpha value is -3.05. The normalized spacial score (nSPS) is 14.4. The molecule has 3 aromatic rings. The van der Waals surface area contributed by atoms with Crippen LogP contribution in [-0.4, -0.2) is 34.6 Å². The molecule has 1 aliphatic rings. The highest BCUT2D eigenvalue weighted by atomic mass is 32.2. The van der Waals surface area contributed by atoms with Crippen LogP contribution in [0.25, 0.3) is 0 Å². The fraction of sp³-hybridized carbons (Fsp3) is 0.355. The number of benzene rings is 3. The van der Waals surface area contributed by atoms with Gasteiger partial charge in [-0.1, -0.05) is 90.7 Å². The first-order valence-electron chi connectivity index (χ1n) is 12.9. The minimum absolute atomic E-state index is 0.0235. The molecule has 0 aliphatic heterocycles. The molecule has 188 valence electrons. The first-order valence-corrected chi connectivity index (χ1v) is 13.9. The summed E-state index contributed by atoms with van der Waals surface area (Å²) < 4.78 is 0. The number of amides is 2. The van der Waals surface area contributed by atoms with Crippen LogP contribution < -0.4 is 5.32 Å². The third-order valence-corrected chi connectivity index (χ3v) is 7.79. The Bertz CT molecular complexity index is 1140. The summed E-state index contributed by atoms with van der Waals surface area (Å²) in [7, 11) is 0. The van der Waals surface area contributed by atoms with Gasteiger partial charge < -0.3 is 10.2 Å². The predicted octanol–water partition coefficient (Wildman–Crippen LogP) is 6.09. The van der Waals surface area contributed by atoms with Gasteiger partial charge in [-0.15, -0.1) is 11.8 Å². The second-order valence-corrected chi connectivity index (χ2v) is 10.9. The van der Waals surface area contributed by atoms with E-state index in [-0.39, 0.29) is 23.6 Å². The number of nitrogens with zero attached hydrogens (tertiary/aromatic N) is 1. The van der Waals surface area contributed by atoms with Crippen LogP contribution in [0.1, 0.15) is 47.9 Å². The molecule has 1 fully saturated rings. The Morgan fingerprint density at radius 1 is 0.889 bits per heavy atom. The Morgan fingerprint density at radius 3 is 2.28 bits per heavy atom. The van der Waals surface area contributed by atoms with E-state index in [9.17, 15) is 9.59 Å². The van der Waals surface area contributed by atoms with Crippen molar-refractivity contribution in [3.05, 3.63) is 101 Å². The minimum atomic E-state index is -0.570. The quantitative estimate of drug-likeness (QED) is 0.343. The summed E-state index contributed by atoms with van der Waals surface area (Å²) in [6.07, 6.45) is 4.81. The number of aryl methyl sites for hydroxylation is 2. The Kier molecular flexibility index (Phi) is 9.23. The molecule has 0 heterocycles. The third kappa shape index (κ3) is 7.47. The lowest BCUT2D eigenvalue weighted by Crippen LogP contribution is -2.52. The summed E-state index contributed by atoms with van der Waals surface area (Å²) >= 11 is 1.52. The number of hydrogen-bond donors (Lipinski definition) is 1. The number of hydrogen-bond acceptors (Lipinski definition) is 3. The number of carbonyl (C=O) groups excluding carboxylic acids is 2. The van der Waals surface area contributed by atoms with Gasteiger partial charge in [-0.2, -0.15) is 0 Å². The van der Waals surface area contributed by atoms with Gasteiger partial charge in [-0.3, -0.25) is 9.59 Å². The van der Waals surface area contributed by atoms with Gasteiger partial charge in [-0.05, 0) is 49.9 Å². The van der Waals surface area contributed by atoms with Gasteiger partial charge in [-0.25, -0.2) is 0 Å². The summed E-state index contributed by atoms with van der Waals surface area (Å²) in [6.45, 7) is 4.52. The second-order valence-electron chi connectivity index (χ2n) is 9.81. The molecule has 1 saturated carbocycles. The molecule has 1 aliphatic carbocycles. The van der Waals surface area contributed by atoms with Gasteiger partial charge in [0, 0.05) is 23.9 Å². The predicted molar refractivity (Wildman–Crippen MR) is 148 cm³/mol. The molecule has 36 heavy (non-hydrogen) atoms. The molecule has 4 rings (SSSR count). The van der Waals surface area contributed by atoms with E-state index in [0.29, 0.717) is 13.0 Å². The van der Waals surface area contributed by atoms with E-state index in [2.05, 4.69) is 43.4 Å². The molecule has 0 saturated heterocycles. The zero-order valence-corrected chi connectivity index (χ0v) is 22.1. The zero-order chi connectivity index (χ0) is 25.3. The SMILES string of the molecule is Cc1ccc(SCC(=O)N(Cc2cccc(C)c2)[C@H](Cc2ccccc2)C(=O)NC2CCCC2)cc1. The number of rotatable bonds is 10. The van der Waals surface area contributed by atoms with E-state index in [4.69, 9.17) is 0 Å². The standard InChI is InChI=1S/C31H36N2O2S/c1-23-15-17-28(18-16-23)36-22-30(34)33(21-26-12-8-9-24(2)19-26)29(20-25-10-4-3-5-11-25)31(35)32-27-13-6-7-14-27/h3-5,8-12,15-19,27,29H,6-7,13-14,20-22H2,1-2H3,(H,32,35)/t29-/m1/s1. The van der Waals surface area contributed by atoms with Gasteiger partial charge in [0.1, 0.15) is 6.04 Å². The zero-order valence-electron chi connectivity index (χ0n) is 21.3. The van der Waals surface area contributed by atoms with E-state index in [1.165, 1.54) is 17.3 Å². The fourth-order valence-electron chi connectivity index (χ4n) is 4.79. The van der Waals surface area contributed by atoms with Crippen molar-refractivity contribution >= 4 is 23.6 Å². The highest BCUT2D eigenvalue weighted by Gasteiger charge is 2.32. The number of carbonyl (C=O) groups is 2. The Morgan fingerprint density at radius 2 is 1.58 bits per heavy atom. The maximum Gasteiger partial charge on any atom is 0.243 e. The van der Waals surface area contributed by atoms with Crippen molar-refractivity contribution in [2.24, 2.45) is 0 Å². The topological polar surface area (TPSA) is 49.4 Å². The van der Waals surface area contributed by atoms with Crippen molar-refractivity contribution in [3.63, 3.8) is 0 Å². The van der Waals surface area contributed by atoms with Gasteiger partial charge >= 0.3 is 0 Å². The van der Waals surface area contributed by atoms with Crippen molar-refractivity contribution in [1.82, 2.24) is 10.2 Å². The van der Waals surface area contributed by atoms with Crippen LogP contribution in [0.15, 0.2) is 83.8 Å². The van der Waals surface area contributed by atoms with Crippen LogP contribution in [0, 0.1) is 13.8 Å². The van der Waals surface area contributed by atoms with Crippen molar-refractivity contribution in [2.75, 3.05) is 5.75 Å². The van der Waals surface area contributed by atoms with Crippen LogP contribution in [0.4, 0.5) is 0 Å². The van der Waals surface area contributed by atoms with Crippen LogP contribution >= 0.6 is 11.8 Å². The summed E-state index contributed by atoms with van der Waals surface area (Å²) in [4.78, 5) is 30.3. The van der Waals surface area contributed by atoms with Crippen molar-refractivity contribution in [3.8, 4) is 0 Å². The molecular formula is C31H36N2O2S. The van der Waals surface area contributed by atoms with Gasteiger partial charge in [0.15, 0.2) is 0 Å². The van der Waals surface area contributed by atoms with Crippen LogP contribution in [0.5, 0.6) is 0 Å². The molecule has 0 spiro atoms. The summed E-state index contributed by atoms with van der Waals surface area (Å²) in [5, 5.41) is 3.27. The molecule has 2 amide bonds. The van der Waals surface area contributed by atoms with Crippen molar-refractivity contribution < 1.29 is 9.59 Å². The Balaban J connectivity index is 1.60. The number of thioether (sulfide) groups is 1. The molecule has 0 unspecified atom stereocenters. The lowest BCUT2D eigenvalue weighted by atomic mass is 10.0. The highest BCUT2D eigenvalue weighted by molar-refractivity contribution is 8.00. The lowest BCUT2D eigenvalue weighted by molar-refractivity contribution is -0.139. The summed E-state index contributed by atoms with van der Waals surface area (Å²) in [6, 6.07) is 26.1.